The molecule has 4 amide bonds. The number of nitrogens with one attached hydrogen (secondary N) is 2. The summed E-state index contributed by atoms with van der Waals surface area (Å²) < 4.78 is 18.3. The van der Waals surface area contributed by atoms with Crippen molar-refractivity contribution in [2.45, 2.75) is 96.6 Å². The molecule has 0 spiro atoms. The van der Waals surface area contributed by atoms with Crippen molar-refractivity contribution in [1.82, 2.24) is 49.2 Å². The predicted octanol–water partition coefficient (Wildman–Crippen LogP) is 6.62. The van der Waals surface area contributed by atoms with Crippen LogP contribution in [0.25, 0.3) is 33.1 Å². The molecule has 348 valence electrons. The first kappa shape index (κ1) is 45.9. The fourth-order valence-corrected chi connectivity index (χ4v) is 9.45. The van der Waals surface area contributed by atoms with E-state index in [-0.39, 0.29) is 35.6 Å². The highest BCUT2D eigenvalue weighted by Crippen LogP contribution is 2.30. The third-order valence-electron chi connectivity index (χ3n) is 13.4. The standard InChI is InChI=1S/C25H29N5O3.C14H15FN2O.C10H16N4O/c1-3-16-10-12-29(13-11-16)22-8-5-18(15-26-22)17-4-6-19-21(14-17)28(2)25(33)30(19)20-7-9-23(31)27-24(20)32;15-11-6-4-5-10-9-12(16-13(10)11)14(18)17-7-2-1-3-8-17;15-10(13-6-2-1-3-7-13)4-8-14-9-5-11-12-14/h4-6,8,14-16,20H,3,7,9-13H2,1-2H3,(H,27,31,32);4-6,9,16H,1-3,7-8H2;5,9H,1-4,6-8H2. The average molecular weight is 902 g/mol. The summed E-state index contributed by atoms with van der Waals surface area (Å²) in [5.74, 6) is 1.02. The molecule has 0 saturated carbocycles. The lowest BCUT2D eigenvalue weighted by Gasteiger charge is -2.32. The van der Waals surface area contributed by atoms with Gasteiger partial charge in [-0.3, -0.25) is 38.3 Å². The monoisotopic (exact) mass is 901 g/mol. The number of nitrogens with zero attached hydrogens (tertiary/aromatic N) is 9. The Labute approximate surface area is 383 Å². The van der Waals surface area contributed by atoms with Gasteiger partial charge in [0.2, 0.25) is 17.7 Å². The van der Waals surface area contributed by atoms with Crippen LogP contribution in [-0.4, -0.2) is 107 Å². The molecule has 1 unspecified atom stereocenters. The molecule has 2 N–H and O–H groups in total. The second-order valence-corrected chi connectivity index (χ2v) is 17.7. The summed E-state index contributed by atoms with van der Waals surface area (Å²) in [6, 6.07) is 15.8. The van der Waals surface area contributed by atoms with Gasteiger partial charge < -0.3 is 19.7 Å². The molecule has 17 heteroatoms. The summed E-state index contributed by atoms with van der Waals surface area (Å²) in [4.78, 5) is 74.6. The van der Waals surface area contributed by atoms with Crippen LogP contribution in [0, 0.1) is 11.7 Å². The van der Waals surface area contributed by atoms with Crippen LogP contribution in [0.5, 0.6) is 0 Å². The summed E-state index contributed by atoms with van der Waals surface area (Å²) in [5.41, 5.74) is 4.00. The average Bonchev–Trinajstić information content (AvgIpc) is 4.11. The molecule has 4 saturated heterocycles. The Balaban J connectivity index is 0.000000150. The van der Waals surface area contributed by atoms with Crippen molar-refractivity contribution in [2.24, 2.45) is 13.0 Å². The molecular formula is C49H60FN11O5. The van der Waals surface area contributed by atoms with E-state index in [2.05, 4.69) is 44.6 Å². The molecule has 4 aromatic heterocycles. The number of H-pyrrole nitrogens is 1. The van der Waals surface area contributed by atoms with E-state index in [0.29, 0.717) is 36.1 Å². The van der Waals surface area contributed by atoms with E-state index in [4.69, 9.17) is 4.98 Å². The van der Waals surface area contributed by atoms with E-state index in [0.717, 1.165) is 98.7 Å². The molecule has 0 bridgehead atoms. The second-order valence-electron chi connectivity index (χ2n) is 17.7. The van der Waals surface area contributed by atoms with Gasteiger partial charge in [0.1, 0.15) is 23.4 Å². The molecule has 4 aliphatic rings. The highest BCUT2D eigenvalue weighted by atomic mass is 19.1. The number of aryl methyl sites for hydroxylation is 2. The molecule has 0 radical (unpaired) electrons. The van der Waals surface area contributed by atoms with E-state index in [1.807, 2.05) is 40.3 Å². The maximum atomic E-state index is 13.5. The van der Waals surface area contributed by atoms with Gasteiger partial charge in [-0.2, -0.15) is 0 Å². The van der Waals surface area contributed by atoms with Crippen LogP contribution in [0.2, 0.25) is 0 Å². The van der Waals surface area contributed by atoms with Gasteiger partial charge in [0.15, 0.2) is 0 Å². The third kappa shape index (κ3) is 10.6. The van der Waals surface area contributed by atoms with Gasteiger partial charge >= 0.3 is 5.69 Å². The number of carbonyl (C=O) groups excluding carboxylic acids is 4. The first-order valence-electron chi connectivity index (χ1n) is 23.5. The second kappa shape index (κ2) is 21.1. The number of aromatic amines is 1. The Hall–Kier alpha value is -6.65. The fraction of sp³-hybridized carbons (Fsp3) is 0.469. The number of imidazole rings is 1. The predicted molar refractivity (Wildman–Crippen MR) is 250 cm³/mol. The van der Waals surface area contributed by atoms with Gasteiger partial charge in [0.25, 0.3) is 5.91 Å². The number of hydrogen-bond donors (Lipinski definition) is 2. The van der Waals surface area contributed by atoms with Crippen molar-refractivity contribution in [3.05, 3.63) is 95.2 Å². The lowest BCUT2D eigenvalue weighted by Crippen LogP contribution is -2.44. The van der Waals surface area contributed by atoms with Crippen LogP contribution in [0.3, 0.4) is 0 Å². The van der Waals surface area contributed by atoms with Crippen LogP contribution in [0.4, 0.5) is 10.2 Å². The fourth-order valence-electron chi connectivity index (χ4n) is 9.45. The minimum atomic E-state index is -0.678. The Kier molecular flexibility index (Phi) is 14.7. The Morgan fingerprint density at radius 3 is 2.20 bits per heavy atom. The van der Waals surface area contributed by atoms with E-state index in [9.17, 15) is 28.4 Å². The molecule has 2 aromatic carbocycles. The van der Waals surface area contributed by atoms with Gasteiger partial charge in [-0.15, -0.1) is 5.10 Å². The van der Waals surface area contributed by atoms with Crippen molar-refractivity contribution in [2.75, 3.05) is 44.2 Å². The highest BCUT2D eigenvalue weighted by molar-refractivity contribution is 6.00. The van der Waals surface area contributed by atoms with Crippen molar-refractivity contribution in [3.8, 4) is 11.1 Å². The number of imide groups is 1. The summed E-state index contributed by atoms with van der Waals surface area (Å²) in [6.45, 7) is 8.45. The number of hydrogen-bond acceptors (Lipinski definition) is 9. The summed E-state index contributed by atoms with van der Waals surface area (Å²) in [5, 5.41) is 10.6. The van der Waals surface area contributed by atoms with Crippen LogP contribution < -0.4 is 15.9 Å². The number of piperidine rings is 4. The number of likely N-dealkylation sites (tertiary alicyclic amines) is 2. The van der Waals surface area contributed by atoms with Gasteiger partial charge in [0.05, 0.1) is 29.3 Å². The van der Waals surface area contributed by atoms with E-state index >= 15 is 0 Å². The van der Waals surface area contributed by atoms with Crippen molar-refractivity contribution >= 4 is 51.4 Å². The molecule has 66 heavy (non-hydrogen) atoms. The largest absolute Gasteiger partial charge is 0.357 e. The van der Waals surface area contributed by atoms with Gasteiger partial charge in [-0.25, -0.2) is 14.2 Å². The number of benzene rings is 2. The number of anilines is 1. The SMILES string of the molecule is CCC1CCN(c2ccc(-c3ccc4c(c3)n(C)c(=O)n4C3CCC(=O)NC3=O)cn2)CC1.O=C(CCn1ccnn1)N1CCCCC1.O=C(c1cc2cccc(F)c2[nH]1)N1CCCCC1. The lowest BCUT2D eigenvalue weighted by molar-refractivity contribution is -0.136. The van der Waals surface area contributed by atoms with Gasteiger partial charge in [0, 0.05) is 82.5 Å². The number of pyridine rings is 1. The number of halogens is 1. The van der Waals surface area contributed by atoms with E-state index in [1.165, 1.54) is 42.7 Å². The zero-order valence-corrected chi connectivity index (χ0v) is 38.0. The number of para-hydroxylation sites is 1. The molecule has 1 atom stereocenters. The number of rotatable bonds is 8. The molecule has 10 rings (SSSR count). The normalized spacial score (nSPS) is 18.1. The molecule has 6 aromatic rings. The first-order chi connectivity index (χ1) is 32.1. The molecule has 8 heterocycles. The molecule has 4 aliphatic heterocycles. The van der Waals surface area contributed by atoms with Crippen molar-refractivity contribution in [3.63, 3.8) is 0 Å². The smallest absolute Gasteiger partial charge is 0.329 e. The number of fused-ring (bicyclic) bond motifs is 2. The topological polar surface area (TPSA) is 176 Å². The van der Waals surface area contributed by atoms with E-state index < -0.39 is 11.9 Å². The van der Waals surface area contributed by atoms with Crippen molar-refractivity contribution in [1.29, 1.82) is 0 Å². The van der Waals surface area contributed by atoms with Crippen LogP contribution in [0.15, 0.2) is 78.0 Å². The van der Waals surface area contributed by atoms with Gasteiger partial charge in [-0.05, 0) is 106 Å². The highest BCUT2D eigenvalue weighted by Gasteiger charge is 2.31. The molecule has 0 aliphatic carbocycles. The Morgan fingerprint density at radius 1 is 0.818 bits per heavy atom. The maximum absolute atomic E-state index is 13.5. The third-order valence-corrected chi connectivity index (χ3v) is 13.4. The zero-order chi connectivity index (χ0) is 46.2. The number of carbonyl (C=O) groups is 4. The van der Waals surface area contributed by atoms with E-state index in [1.54, 1.807) is 40.8 Å². The minimum absolute atomic E-state index is 0.0229. The molecular weight excluding hydrogens is 842 g/mol. The molecule has 4 fully saturated rings. The Morgan fingerprint density at radius 2 is 1.55 bits per heavy atom. The molecule has 16 nitrogen and oxygen atoms in total. The Bertz CT molecular complexity index is 2690. The lowest BCUT2D eigenvalue weighted by atomic mass is 9.94. The first-order valence-corrected chi connectivity index (χ1v) is 23.5. The van der Waals surface area contributed by atoms with Crippen LogP contribution in [0.1, 0.15) is 101 Å². The maximum Gasteiger partial charge on any atom is 0.329 e. The quantitative estimate of drug-likeness (QED) is 0.159. The number of aromatic nitrogens is 7. The van der Waals surface area contributed by atoms with Gasteiger partial charge in [-0.1, -0.05) is 36.8 Å². The van der Waals surface area contributed by atoms with Crippen molar-refractivity contribution < 1.29 is 23.6 Å². The minimum Gasteiger partial charge on any atom is -0.357 e. The summed E-state index contributed by atoms with van der Waals surface area (Å²) >= 11 is 0. The van der Waals surface area contributed by atoms with Crippen LogP contribution >= 0.6 is 0 Å². The zero-order valence-electron chi connectivity index (χ0n) is 38.0. The summed E-state index contributed by atoms with van der Waals surface area (Å²) in [6.07, 6.45) is 16.9. The number of amides is 4. The van der Waals surface area contributed by atoms with Crippen LogP contribution in [-0.2, 0) is 28.0 Å². The summed E-state index contributed by atoms with van der Waals surface area (Å²) in [7, 11) is 1.71.